The molecule has 76 valence electrons. The Morgan fingerprint density at radius 3 is 2.21 bits per heavy atom. The molecule has 0 amide bonds. The molecule has 0 saturated heterocycles. The molecule has 0 bridgehead atoms. The normalized spacial score (nSPS) is 10.0. The Kier molecular flexibility index (Phi) is 2.97. The van der Waals surface area contributed by atoms with Crippen molar-refractivity contribution in [1.82, 2.24) is 9.97 Å². The molecule has 8 heteroatoms. The van der Waals surface area contributed by atoms with E-state index in [1.54, 1.807) is 0 Å². The van der Waals surface area contributed by atoms with Gasteiger partial charge in [0.15, 0.2) is 16.8 Å². The lowest BCUT2D eigenvalue weighted by Crippen LogP contribution is -2.07. The number of rotatable bonds is 3. The van der Waals surface area contributed by atoms with Gasteiger partial charge in [0.1, 0.15) is 5.69 Å². The van der Waals surface area contributed by atoms with Crippen molar-refractivity contribution >= 4 is 35.1 Å². The number of anilines is 3. The number of aromatic nitrogens is 2. The summed E-state index contributed by atoms with van der Waals surface area (Å²) in [5, 5.41) is 8.61. The predicted octanol–water partition coefficient (Wildman–Crippen LogP) is -0.600. The average molecular weight is 215 g/mol. The molecule has 7 nitrogen and oxygen atoms in total. The van der Waals surface area contributed by atoms with Crippen LogP contribution in [0.2, 0.25) is 0 Å². The first-order valence-corrected chi connectivity index (χ1v) is 4.52. The van der Waals surface area contributed by atoms with Crippen LogP contribution in [0.15, 0.2) is 5.16 Å². The lowest BCUT2D eigenvalue weighted by Gasteiger charge is -2.04. The highest BCUT2D eigenvalue weighted by molar-refractivity contribution is 7.99. The summed E-state index contributed by atoms with van der Waals surface area (Å²) in [7, 11) is 0. The fourth-order valence-corrected chi connectivity index (χ4v) is 1.25. The fourth-order valence-electron chi connectivity index (χ4n) is 0.674. The molecule has 0 aromatic carbocycles. The molecular weight excluding hydrogens is 206 g/mol. The minimum Gasteiger partial charge on any atom is -0.481 e. The zero-order chi connectivity index (χ0) is 10.7. The number of hydrogen-bond donors (Lipinski definition) is 4. The van der Waals surface area contributed by atoms with Gasteiger partial charge < -0.3 is 22.3 Å². The smallest absolute Gasteiger partial charge is 0.313 e. The molecule has 0 atom stereocenters. The van der Waals surface area contributed by atoms with Gasteiger partial charge in [-0.3, -0.25) is 4.79 Å². The van der Waals surface area contributed by atoms with Crippen LogP contribution in [0.5, 0.6) is 0 Å². The van der Waals surface area contributed by atoms with E-state index < -0.39 is 5.97 Å². The lowest BCUT2D eigenvalue weighted by molar-refractivity contribution is -0.133. The van der Waals surface area contributed by atoms with E-state index in [1.165, 1.54) is 0 Å². The van der Waals surface area contributed by atoms with Crippen molar-refractivity contribution in [2.24, 2.45) is 0 Å². The molecule has 0 aliphatic rings. The molecule has 0 fully saturated rings. The van der Waals surface area contributed by atoms with E-state index in [0.29, 0.717) is 0 Å². The Bertz CT molecular complexity index is 346. The number of carboxylic acid groups (broad SMARTS) is 1. The third-order valence-electron chi connectivity index (χ3n) is 1.31. The van der Waals surface area contributed by atoms with Gasteiger partial charge >= 0.3 is 5.97 Å². The van der Waals surface area contributed by atoms with Crippen LogP contribution in [-0.2, 0) is 4.79 Å². The second kappa shape index (κ2) is 4.01. The van der Waals surface area contributed by atoms with Gasteiger partial charge in [-0.2, -0.15) is 0 Å². The van der Waals surface area contributed by atoms with Gasteiger partial charge in [-0.1, -0.05) is 11.8 Å². The van der Waals surface area contributed by atoms with Crippen molar-refractivity contribution in [2.45, 2.75) is 5.16 Å². The first-order valence-electron chi connectivity index (χ1n) is 3.53. The topological polar surface area (TPSA) is 141 Å². The Morgan fingerprint density at radius 1 is 1.29 bits per heavy atom. The van der Waals surface area contributed by atoms with Crippen molar-refractivity contribution in [3.05, 3.63) is 0 Å². The van der Waals surface area contributed by atoms with Crippen LogP contribution in [0.4, 0.5) is 17.3 Å². The van der Waals surface area contributed by atoms with Gasteiger partial charge in [-0.25, -0.2) is 9.97 Å². The highest BCUT2D eigenvalue weighted by Crippen LogP contribution is 2.22. The largest absolute Gasteiger partial charge is 0.481 e. The number of nitrogens with zero attached hydrogens (tertiary/aromatic N) is 2. The molecule has 7 N–H and O–H groups in total. The van der Waals surface area contributed by atoms with Gasteiger partial charge in [0, 0.05) is 0 Å². The number of carbonyl (C=O) groups is 1. The molecule has 0 spiro atoms. The van der Waals surface area contributed by atoms with Crippen molar-refractivity contribution in [3.63, 3.8) is 0 Å². The summed E-state index contributed by atoms with van der Waals surface area (Å²) in [6.45, 7) is 0. The fraction of sp³-hybridized carbons (Fsp3) is 0.167. The number of carboxylic acids is 1. The molecule has 1 aromatic heterocycles. The van der Waals surface area contributed by atoms with Gasteiger partial charge in [0.2, 0.25) is 0 Å². The Hall–Kier alpha value is -1.70. The molecule has 1 heterocycles. The SMILES string of the molecule is Nc1nc(SCC(=O)O)nc(N)c1N. The molecule has 0 unspecified atom stereocenters. The third-order valence-corrected chi connectivity index (χ3v) is 2.14. The molecular formula is C6H9N5O2S. The van der Waals surface area contributed by atoms with Crippen molar-refractivity contribution in [2.75, 3.05) is 23.0 Å². The van der Waals surface area contributed by atoms with E-state index in [2.05, 4.69) is 9.97 Å². The maximum absolute atomic E-state index is 10.2. The van der Waals surface area contributed by atoms with Crippen molar-refractivity contribution < 1.29 is 9.90 Å². The van der Waals surface area contributed by atoms with E-state index in [1.807, 2.05) is 0 Å². The van der Waals surface area contributed by atoms with Crippen molar-refractivity contribution in [1.29, 1.82) is 0 Å². The summed E-state index contributed by atoms with van der Waals surface area (Å²) >= 11 is 0.928. The van der Waals surface area contributed by atoms with Gasteiger partial charge in [-0.05, 0) is 0 Å². The number of nitrogen functional groups attached to an aromatic ring is 3. The highest BCUT2D eigenvalue weighted by Gasteiger charge is 2.08. The standard InChI is InChI=1S/C6H9N5O2S/c7-3-4(8)10-6(11-5(3)9)14-1-2(12)13/h1,7H2,(H,12,13)(H4,8,9,10,11). The minimum absolute atomic E-state index is 0.0605. The van der Waals surface area contributed by atoms with Crippen LogP contribution >= 0.6 is 11.8 Å². The van der Waals surface area contributed by atoms with Gasteiger partial charge in [0.05, 0.1) is 5.75 Å². The molecule has 0 aliphatic heterocycles. The monoisotopic (exact) mass is 215 g/mol. The van der Waals surface area contributed by atoms with Crippen LogP contribution in [0.3, 0.4) is 0 Å². The first kappa shape index (κ1) is 10.4. The third kappa shape index (κ3) is 2.39. The molecule has 14 heavy (non-hydrogen) atoms. The Morgan fingerprint density at radius 2 is 1.79 bits per heavy atom. The summed E-state index contributed by atoms with van der Waals surface area (Å²) in [5.41, 5.74) is 16.3. The molecule has 1 rings (SSSR count). The number of thioether (sulfide) groups is 1. The van der Waals surface area contributed by atoms with Crippen LogP contribution in [-0.4, -0.2) is 26.8 Å². The van der Waals surface area contributed by atoms with E-state index in [-0.39, 0.29) is 28.2 Å². The maximum Gasteiger partial charge on any atom is 0.313 e. The van der Waals surface area contributed by atoms with Crippen LogP contribution < -0.4 is 17.2 Å². The summed E-state index contributed by atoms with van der Waals surface area (Å²) in [6, 6.07) is 0. The lowest BCUT2D eigenvalue weighted by atomic mass is 10.4. The second-order valence-electron chi connectivity index (χ2n) is 2.37. The summed E-state index contributed by atoms with van der Waals surface area (Å²) in [4.78, 5) is 17.8. The van der Waals surface area contributed by atoms with Crippen LogP contribution in [0.25, 0.3) is 0 Å². The van der Waals surface area contributed by atoms with Crippen LogP contribution in [0, 0.1) is 0 Å². The Labute approximate surface area is 83.7 Å². The van der Waals surface area contributed by atoms with Crippen LogP contribution in [0.1, 0.15) is 0 Å². The number of aliphatic carboxylic acids is 1. The highest BCUT2D eigenvalue weighted by atomic mass is 32.2. The van der Waals surface area contributed by atoms with E-state index in [0.717, 1.165) is 11.8 Å². The minimum atomic E-state index is -0.965. The quantitative estimate of drug-likeness (QED) is 0.387. The van der Waals surface area contributed by atoms with Gasteiger partial charge in [-0.15, -0.1) is 0 Å². The van der Waals surface area contributed by atoms with E-state index in [9.17, 15) is 4.79 Å². The molecule has 0 radical (unpaired) electrons. The summed E-state index contributed by atoms with van der Waals surface area (Å²) in [5.74, 6) is -0.994. The maximum atomic E-state index is 10.2. The molecule has 0 saturated carbocycles. The number of hydrogen-bond acceptors (Lipinski definition) is 7. The van der Waals surface area contributed by atoms with E-state index in [4.69, 9.17) is 22.3 Å². The zero-order valence-corrected chi connectivity index (χ0v) is 7.91. The zero-order valence-electron chi connectivity index (χ0n) is 7.10. The summed E-state index contributed by atoms with van der Waals surface area (Å²) < 4.78 is 0. The summed E-state index contributed by atoms with van der Waals surface area (Å²) in [6.07, 6.45) is 0. The average Bonchev–Trinajstić information content (AvgIpc) is 2.10. The molecule has 0 aliphatic carbocycles. The van der Waals surface area contributed by atoms with Gasteiger partial charge in [0.25, 0.3) is 0 Å². The van der Waals surface area contributed by atoms with E-state index >= 15 is 0 Å². The number of nitrogens with two attached hydrogens (primary N) is 3. The molecule has 1 aromatic rings. The second-order valence-corrected chi connectivity index (χ2v) is 3.32. The van der Waals surface area contributed by atoms with Crippen molar-refractivity contribution in [3.8, 4) is 0 Å². The Balaban J connectivity index is 2.84. The predicted molar refractivity (Wildman–Crippen MR) is 53.6 cm³/mol. The first-order chi connectivity index (χ1) is 6.50.